The minimum absolute atomic E-state index is 0.0410. The van der Waals surface area contributed by atoms with Gasteiger partial charge in [-0.15, -0.1) is 10.2 Å². The monoisotopic (exact) mass is 615 g/mol. The number of ether oxygens (including phenoxy) is 3. The number of benzene rings is 3. The summed E-state index contributed by atoms with van der Waals surface area (Å²) in [7, 11) is 3.02. The summed E-state index contributed by atoms with van der Waals surface area (Å²) >= 11 is 13.6. The van der Waals surface area contributed by atoms with Crippen molar-refractivity contribution in [3.63, 3.8) is 0 Å². The lowest BCUT2D eigenvalue weighted by molar-refractivity contribution is -0.113. The Morgan fingerprint density at radius 1 is 0.927 bits per heavy atom. The number of thioether (sulfide) groups is 1. The van der Waals surface area contributed by atoms with Gasteiger partial charge >= 0.3 is 0 Å². The molecule has 10 nitrogen and oxygen atoms in total. The molecule has 0 unspecified atom stereocenters. The van der Waals surface area contributed by atoms with Gasteiger partial charge in [-0.05, 0) is 67.6 Å². The molecule has 3 aromatic carbocycles. The van der Waals surface area contributed by atoms with Crippen LogP contribution >= 0.6 is 35.0 Å². The van der Waals surface area contributed by atoms with E-state index in [-0.39, 0.29) is 24.1 Å². The normalized spacial score (nSPS) is 10.7. The second-order valence-electron chi connectivity index (χ2n) is 8.38. The van der Waals surface area contributed by atoms with Crippen LogP contribution in [0.15, 0.2) is 65.8 Å². The largest absolute Gasteiger partial charge is 0.494 e. The molecule has 41 heavy (non-hydrogen) atoms. The lowest BCUT2D eigenvalue weighted by Gasteiger charge is -2.13. The zero-order chi connectivity index (χ0) is 29.4. The number of halogens is 2. The fourth-order valence-electron chi connectivity index (χ4n) is 3.76. The van der Waals surface area contributed by atoms with Gasteiger partial charge in [-0.3, -0.25) is 14.2 Å². The van der Waals surface area contributed by atoms with Gasteiger partial charge in [0.2, 0.25) is 5.91 Å². The standard InChI is InChI=1S/C28H27Cl2N5O5S/c1-4-40-20-9-6-18(7-10-20)32-26(36)16-41-28-34-33-25(35(28)19-8-11-21(29)22(30)14-19)15-31-27(37)17-5-12-23(38-2)24(13-17)39-3/h5-14H,4,15-16H2,1-3H3,(H,31,37)(H,32,36). The molecule has 0 aliphatic heterocycles. The van der Waals surface area contributed by atoms with Crippen LogP contribution in [-0.2, 0) is 11.3 Å². The van der Waals surface area contributed by atoms with E-state index in [1.54, 1.807) is 65.2 Å². The van der Waals surface area contributed by atoms with Gasteiger partial charge in [0.25, 0.3) is 5.91 Å². The van der Waals surface area contributed by atoms with Gasteiger partial charge in [0, 0.05) is 11.3 Å². The van der Waals surface area contributed by atoms with Crippen molar-refractivity contribution in [1.82, 2.24) is 20.1 Å². The van der Waals surface area contributed by atoms with Gasteiger partial charge in [-0.25, -0.2) is 0 Å². The van der Waals surface area contributed by atoms with Crippen LogP contribution in [0.2, 0.25) is 10.0 Å². The van der Waals surface area contributed by atoms with Crippen LogP contribution in [-0.4, -0.2) is 53.2 Å². The number of hydrogen-bond donors (Lipinski definition) is 2. The maximum absolute atomic E-state index is 12.9. The van der Waals surface area contributed by atoms with Crippen LogP contribution in [0.1, 0.15) is 23.1 Å². The highest BCUT2D eigenvalue weighted by Gasteiger charge is 2.19. The van der Waals surface area contributed by atoms with Crippen molar-refractivity contribution in [2.45, 2.75) is 18.6 Å². The van der Waals surface area contributed by atoms with Crippen LogP contribution in [0.25, 0.3) is 5.69 Å². The van der Waals surface area contributed by atoms with Gasteiger partial charge in [0.05, 0.1) is 48.9 Å². The minimum Gasteiger partial charge on any atom is -0.494 e. The van der Waals surface area contributed by atoms with Crippen LogP contribution in [0.5, 0.6) is 17.2 Å². The molecule has 0 bridgehead atoms. The number of carbonyl (C=O) groups is 2. The Hall–Kier alpha value is -3.93. The lowest BCUT2D eigenvalue weighted by Crippen LogP contribution is -2.24. The van der Waals surface area contributed by atoms with E-state index in [9.17, 15) is 9.59 Å². The first kappa shape index (κ1) is 30.0. The number of nitrogens with zero attached hydrogens (tertiary/aromatic N) is 3. The van der Waals surface area contributed by atoms with Crippen molar-refractivity contribution in [2.75, 3.05) is 31.9 Å². The highest BCUT2D eigenvalue weighted by Crippen LogP contribution is 2.29. The summed E-state index contributed by atoms with van der Waals surface area (Å²) in [4.78, 5) is 25.6. The van der Waals surface area contributed by atoms with Crippen molar-refractivity contribution in [2.24, 2.45) is 0 Å². The van der Waals surface area contributed by atoms with E-state index < -0.39 is 0 Å². The van der Waals surface area contributed by atoms with Crippen molar-refractivity contribution in [3.05, 3.63) is 82.1 Å². The minimum atomic E-state index is -0.349. The molecule has 13 heteroatoms. The van der Waals surface area contributed by atoms with Crippen molar-refractivity contribution >= 4 is 52.5 Å². The van der Waals surface area contributed by atoms with Crippen LogP contribution in [0, 0.1) is 0 Å². The summed E-state index contributed by atoms with van der Waals surface area (Å²) in [5, 5.41) is 15.4. The number of hydrogen-bond acceptors (Lipinski definition) is 8. The molecule has 2 amide bonds. The molecular formula is C28H27Cl2N5O5S. The molecule has 0 aliphatic rings. The van der Waals surface area contributed by atoms with Crippen LogP contribution in [0.3, 0.4) is 0 Å². The molecule has 1 aromatic heterocycles. The summed E-state index contributed by atoms with van der Waals surface area (Å²) in [6.45, 7) is 2.50. The van der Waals surface area contributed by atoms with E-state index in [1.807, 2.05) is 6.92 Å². The highest BCUT2D eigenvalue weighted by molar-refractivity contribution is 7.99. The molecular weight excluding hydrogens is 589 g/mol. The van der Waals surface area contributed by atoms with Crippen molar-refractivity contribution < 1.29 is 23.8 Å². The average molecular weight is 617 g/mol. The molecule has 0 spiro atoms. The molecule has 0 fully saturated rings. The molecule has 2 N–H and O–H groups in total. The number of rotatable bonds is 12. The zero-order valence-electron chi connectivity index (χ0n) is 22.4. The molecule has 214 valence electrons. The number of carbonyl (C=O) groups excluding carboxylic acids is 2. The maximum Gasteiger partial charge on any atom is 0.251 e. The topological polar surface area (TPSA) is 117 Å². The Kier molecular flexibility index (Phi) is 10.3. The molecule has 0 saturated heterocycles. The molecule has 4 rings (SSSR count). The predicted octanol–water partition coefficient (Wildman–Crippen LogP) is 5.65. The smallest absolute Gasteiger partial charge is 0.251 e. The summed E-state index contributed by atoms with van der Waals surface area (Å²) in [5.74, 6) is 1.57. The summed E-state index contributed by atoms with van der Waals surface area (Å²) in [6, 6.07) is 17.0. The SMILES string of the molecule is CCOc1ccc(NC(=O)CSc2nnc(CNC(=O)c3ccc(OC)c(OC)c3)n2-c2ccc(Cl)c(Cl)c2)cc1. The maximum atomic E-state index is 12.9. The fraction of sp³-hybridized carbons (Fsp3) is 0.214. The number of anilines is 1. The Bertz CT molecular complexity index is 1530. The first-order chi connectivity index (χ1) is 19.8. The Labute approximate surface area is 251 Å². The van der Waals surface area contributed by atoms with Gasteiger partial charge in [0.15, 0.2) is 22.5 Å². The molecule has 4 aromatic rings. The number of amides is 2. The van der Waals surface area contributed by atoms with E-state index in [2.05, 4.69) is 20.8 Å². The second kappa shape index (κ2) is 14.1. The number of nitrogens with one attached hydrogen (secondary N) is 2. The van der Waals surface area contributed by atoms with Crippen LogP contribution < -0.4 is 24.8 Å². The molecule has 0 saturated carbocycles. The second-order valence-corrected chi connectivity index (χ2v) is 10.1. The van der Waals surface area contributed by atoms with Crippen molar-refractivity contribution in [1.29, 1.82) is 0 Å². The highest BCUT2D eigenvalue weighted by atomic mass is 35.5. The quantitative estimate of drug-likeness (QED) is 0.196. The lowest BCUT2D eigenvalue weighted by atomic mass is 10.2. The molecule has 0 aliphatic carbocycles. The fourth-order valence-corrected chi connectivity index (χ4v) is 4.82. The first-order valence-corrected chi connectivity index (χ1v) is 14.1. The zero-order valence-corrected chi connectivity index (χ0v) is 24.8. The summed E-state index contributed by atoms with van der Waals surface area (Å²) < 4.78 is 17.7. The van der Waals surface area contributed by atoms with E-state index in [0.29, 0.717) is 56.1 Å². The van der Waals surface area contributed by atoms with E-state index in [4.69, 9.17) is 37.4 Å². The van der Waals surface area contributed by atoms with E-state index in [1.165, 1.54) is 26.0 Å². The van der Waals surface area contributed by atoms with Gasteiger partial charge in [-0.2, -0.15) is 0 Å². The van der Waals surface area contributed by atoms with E-state index in [0.717, 1.165) is 5.75 Å². The predicted molar refractivity (Wildman–Crippen MR) is 159 cm³/mol. The average Bonchev–Trinajstić information content (AvgIpc) is 3.39. The Morgan fingerprint density at radius 3 is 2.37 bits per heavy atom. The van der Waals surface area contributed by atoms with Crippen molar-refractivity contribution in [3.8, 4) is 22.9 Å². The number of aromatic nitrogens is 3. The van der Waals surface area contributed by atoms with E-state index >= 15 is 0 Å². The van der Waals surface area contributed by atoms with Gasteiger partial charge < -0.3 is 24.8 Å². The van der Waals surface area contributed by atoms with Crippen LogP contribution in [0.4, 0.5) is 5.69 Å². The molecule has 0 atom stereocenters. The third-order valence-corrected chi connectivity index (χ3v) is 7.36. The first-order valence-electron chi connectivity index (χ1n) is 12.4. The summed E-state index contributed by atoms with van der Waals surface area (Å²) in [5.41, 5.74) is 1.64. The molecule has 1 heterocycles. The third kappa shape index (κ3) is 7.63. The third-order valence-electron chi connectivity index (χ3n) is 5.70. The summed E-state index contributed by atoms with van der Waals surface area (Å²) in [6.07, 6.45) is 0. The Balaban J connectivity index is 1.50. The number of methoxy groups -OCH3 is 2. The van der Waals surface area contributed by atoms with Gasteiger partial charge in [0.1, 0.15) is 5.75 Å². The van der Waals surface area contributed by atoms with Gasteiger partial charge in [-0.1, -0.05) is 35.0 Å². The molecule has 0 radical (unpaired) electrons. The Morgan fingerprint density at radius 2 is 1.68 bits per heavy atom.